The number of nitrogens with zero attached hydrogens (tertiary/aromatic N) is 4. The summed E-state index contributed by atoms with van der Waals surface area (Å²) in [5.74, 6) is 1.34. The van der Waals surface area contributed by atoms with E-state index in [4.69, 9.17) is 11.6 Å². The standard InChI is InChI=1S/C11H11ClN6/c1-6-5-8(17-16-6)14-10-9-7(3-4-18(9)2)13-11(12)15-10/h3-5H,1-2H3,(H2,13,14,15,16,17). The molecule has 0 aliphatic rings. The molecule has 18 heavy (non-hydrogen) atoms. The van der Waals surface area contributed by atoms with Gasteiger partial charge in [-0.15, -0.1) is 0 Å². The molecule has 0 unspecified atom stereocenters. The van der Waals surface area contributed by atoms with Crippen LogP contribution in [0.25, 0.3) is 11.0 Å². The Hall–Kier alpha value is -2.08. The Kier molecular flexibility index (Phi) is 2.45. The molecule has 0 spiro atoms. The topological polar surface area (TPSA) is 71.4 Å². The Morgan fingerprint density at radius 2 is 2.22 bits per heavy atom. The highest BCUT2D eigenvalue weighted by Crippen LogP contribution is 2.24. The van der Waals surface area contributed by atoms with Crippen LogP contribution in [0, 0.1) is 6.92 Å². The molecule has 2 N–H and O–H groups in total. The lowest BCUT2D eigenvalue weighted by atomic mass is 10.4. The zero-order chi connectivity index (χ0) is 12.7. The van der Waals surface area contributed by atoms with Crippen LogP contribution >= 0.6 is 11.6 Å². The first-order valence-electron chi connectivity index (χ1n) is 5.41. The highest BCUT2D eigenvalue weighted by molar-refractivity contribution is 6.28. The molecule has 0 bridgehead atoms. The molecule has 0 aliphatic carbocycles. The van der Waals surface area contributed by atoms with E-state index in [1.165, 1.54) is 0 Å². The number of aryl methyl sites for hydroxylation is 2. The molecule has 0 fully saturated rings. The first-order valence-corrected chi connectivity index (χ1v) is 5.79. The number of anilines is 2. The summed E-state index contributed by atoms with van der Waals surface area (Å²) in [7, 11) is 1.93. The highest BCUT2D eigenvalue weighted by atomic mass is 35.5. The van der Waals surface area contributed by atoms with E-state index >= 15 is 0 Å². The van der Waals surface area contributed by atoms with Gasteiger partial charge in [-0.1, -0.05) is 0 Å². The summed E-state index contributed by atoms with van der Waals surface area (Å²) in [4.78, 5) is 8.38. The molecule has 3 rings (SSSR count). The van der Waals surface area contributed by atoms with Gasteiger partial charge in [0, 0.05) is 25.0 Å². The fourth-order valence-electron chi connectivity index (χ4n) is 1.86. The van der Waals surface area contributed by atoms with Crippen molar-refractivity contribution in [3.63, 3.8) is 0 Å². The molecule has 0 aliphatic heterocycles. The summed E-state index contributed by atoms with van der Waals surface area (Å²) >= 11 is 5.90. The number of hydrogen-bond acceptors (Lipinski definition) is 4. The van der Waals surface area contributed by atoms with Crippen LogP contribution in [-0.4, -0.2) is 24.7 Å². The average Bonchev–Trinajstić information content (AvgIpc) is 2.86. The molecular formula is C11H11ClN6. The van der Waals surface area contributed by atoms with Crippen LogP contribution in [0.2, 0.25) is 5.28 Å². The Labute approximate surface area is 108 Å². The van der Waals surface area contributed by atoms with Crippen molar-refractivity contribution in [3.8, 4) is 0 Å². The fourth-order valence-corrected chi connectivity index (χ4v) is 2.03. The average molecular weight is 263 g/mol. The van der Waals surface area contributed by atoms with Gasteiger partial charge in [0.2, 0.25) is 5.28 Å². The molecule has 0 saturated heterocycles. The van der Waals surface area contributed by atoms with Gasteiger partial charge >= 0.3 is 0 Å². The Morgan fingerprint density at radius 3 is 2.94 bits per heavy atom. The number of halogens is 1. The number of aromatic amines is 1. The molecule has 0 amide bonds. The van der Waals surface area contributed by atoms with Crippen LogP contribution in [0.4, 0.5) is 11.6 Å². The lowest BCUT2D eigenvalue weighted by Gasteiger charge is -2.06. The monoisotopic (exact) mass is 262 g/mol. The van der Waals surface area contributed by atoms with Gasteiger partial charge in [0.15, 0.2) is 11.6 Å². The van der Waals surface area contributed by atoms with E-state index in [2.05, 4.69) is 25.5 Å². The first kappa shape index (κ1) is 11.0. The van der Waals surface area contributed by atoms with Crippen LogP contribution in [0.3, 0.4) is 0 Å². The zero-order valence-electron chi connectivity index (χ0n) is 9.90. The van der Waals surface area contributed by atoms with Crippen molar-refractivity contribution in [1.29, 1.82) is 0 Å². The lowest BCUT2D eigenvalue weighted by Crippen LogP contribution is -1.99. The SMILES string of the molecule is Cc1cc(Nc2nc(Cl)nc3ccn(C)c23)n[nH]1. The summed E-state index contributed by atoms with van der Waals surface area (Å²) in [5.41, 5.74) is 2.66. The van der Waals surface area contributed by atoms with Crippen LogP contribution < -0.4 is 5.32 Å². The van der Waals surface area contributed by atoms with Crippen molar-refractivity contribution in [2.45, 2.75) is 6.92 Å². The van der Waals surface area contributed by atoms with E-state index in [-0.39, 0.29) is 5.28 Å². The lowest BCUT2D eigenvalue weighted by molar-refractivity contribution is 0.963. The molecule has 3 aromatic heterocycles. The second-order valence-corrected chi connectivity index (χ2v) is 4.40. The minimum atomic E-state index is 0.212. The number of fused-ring (bicyclic) bond motifs is 1. The van der Waals surface area contributed by atoms with Gasteiger partial charge in [0.05, 0.1) is 5.52 Å². The molecular weight excluding hydrogens is 252 g/mol. The molecule has 6 nitrogen and oxygen atoms in total. The second-order valence-electron chi connectivity index (χ2n) is 4.06. The van der Waals surface area contributed by atoms with Crippen molar-refractivity contribution in [3.05, 3.63) is 29.3 Å². The summed E-state index contributed by atoms with van der Waals surface area (Å²) in [6.07, 6.45) is 1.91. The zero-order valence-corrected chi connectivity index (χ0v) is 10.7. The van der Waals surface area contributed by atoms with Crippen LogP contribution in [0.5, 0.6) is 0 Å². The van der Waals surface area contributed by atoms with Crippen molar-refractivity contribution in [1.82, 2.24) is 24.7 Å². The Bertz CT molecular complexity index is 713. The fraction of sp³-hybridized carbons (Fsp3) is 0.182. The molecule has 92 valence electrons. The van der Waals surface area contributed by atoms with Gasteiger partial charge in [-0.05, 0) is 24.6 Å². The van der Waals surface area contributed by atoms with Gasteiger partial charge in [0.1, 0.15) is 5.52 Å². The maximum atomic E-state index is 5.90. The van der Waals surface area contributed by atoms with E-state index in [0.717, 1.165) is 16.7 Å². The maximum absolute atomic E-state index is 5.90. The smallest absolute Gasteiger partial charge is 0.225 e. The Morgan fingerprint density at radius 1 is 1.39 bits per heavy atom. The predicted molar refractivity (Wildman–Crippen MR) is 70.1 cm³/mol. The van der Waals surface area contributed by atoms with Crippen LogP contribution in [-0.2, 0) is 7.05 Å². The summed E-state index contributed by atoms with van der Waals surface area (Å²) in [6.45, 7) is 1.93. The van der Waals surface area contributed by atoms with Crippen LogP contribution in [0.15, 0.2) is 18.3 Å². The molecule has 3 aromatic rings. The van der Waals surface area contributed by atoms with Gasteiger partial charge in [-0.2, -0.15) is 10.1 Å². The third kappa shape index (κ3) is 1.80. The van der Waals surface area contributed by atoms with E-state index in [0.29, 0.717) is 11.6 Å². The quantitative estimate of drug-likeness (QED) is 0.696. The van der Waals surface area contributed by atoms with E-state index < -0.39 is 0 Å². The largest absolute Gasteiger partial charge is 0.346 e. The van der Waals surface area contributed by atoms with Gasteiger partial charge in [-0.3, -0.25) is 5.10 Å². The van der Waals surface area contributed by atoms with Crippen molar-refractivity contribution < 1.29 is 0 Å². The minimum absolute atomic E-state index is 0.212. The van der Waals surface area contributed by atoms with Gasteiger partial charge < -0.3 is 9.88 Å². The molecule has 0 saturated carbocycles. The number of aromatic nitrogens is 5. The third-order valence-corrected chi connectivity index (χ3v) is 2.81. The Balaban J connectivity index is 2.12. The highest BCUT2D eigenvalue weighted by Gasteiger charge is 2.11. The molecule has 0 radical (unpaired) electrons. The number of nitrogens with one attached hydrogen (secondary N) is 2. The third-order valence-electron chi connectivity index (χ3n) is 2.64. The van der Waals surface area contributed by atoms with E-state index in [1.54, 1.807) is 0 Å². The molecule has 0 aromatic carbocycles. The predicted octanol–water partition coefficient (Wildman–Crippen LogP) is 2.40. The summed E-state index contributed by atoms with van der Waals surface area (Å²) < 4.78 is 1.94. The summed E-state index contributed by atoms with van der Waals surface area (Å²) in [5, 5.41) is 10.3. The minimum Gasteiger partial charge on any atom is -0.346 e. The van der Waals surface area contributed by atoms with Gasteiger partial charge in [-0.25, -0.2) is 4.98 Å². The second kappa shape index (κ2) is 3.99. The van der Waals surface area contributed by atoms with Crippen molar-refractivity contribution in [2.75, 3.05) is 5.32 Å². The normalized spacial score (nSPS) is 11.1. The summed E-state index contributed by atoms with van der Waals surface area (Å²) in [6, 6.07) is 3.79. The van der Waals surface area contributed by atoms with Gasteiger partial charge in [0.25, 0.3) is 0 Å². The van der Waals surface area contributed by atoms with Crippen molar-refractivity contribution >= 4 is 34.3 Å². The maximum Gasteiger partial charge on any atom is 0.225 e. The van der Waals surface area contributed by atoms with Crippen molar-refractivity contribution in [2.24, 2.45) is 7.05 Å². The molecule has 3 heterocycles. The number of H-pyrrole nitrogens is 1. The number of hydrogen-bond donors (Lipinski definition) is 2. The molecule has 0 atom stereocenters. The number of rotatable bonds is 2. The van der Waals surface area contributed by atoms with E-state index in [9.17, 15) is 0 Å². The first-order chi connectivity index (χ1) is 8.63. The van der Waals surface area contributed by atoms with E-state index in [1.807, 2.05) is 36.9 Å². The van der Waals surface area contributed by atoms with Crippen LogP contribution in [0.1, 0.15) is 5.69 Å². The molecule has 7 heteroatoms.